The van der Waals surface area contributed by atoms with Crippen molar-refractivity contribution in [2.24, 2.45) is 11.7 Å². The number of nitrogens with two attached hydrogens (primary N) is 1. The van der Waals surface area contributed by atoms with Gasteiger partial charge in [0.2, 0.25) is 0 Å². The Kier molecular flexibility index (Phi) is 5.90. The molecule has 108 valence electrons. The van der Waals surface area contributed by atoms with Crippen LogP contribution in [0.2, 0.25) is 0 Å². The molecule has 0 radical (unpaired) electrons. The van der Waals surface area contributed by atoms with Crippen LogP contribution in [-0.2, 0) is 0 Å². The van der Waals surface area contributed by atoms with Crippen LogP contribution in [0.15, 0.2) is 14.3 Å². The van der Waals surface area contributed by atoms with E-state index >= 15 is 0 Å². The summed E-state index contributed by atoms with van der Waals surface area (Å²) < 4.78 is 2.32. The Bertz CT molecular complexity index is 400. The molecule has 1 fully saturated rings. The lowest BCUT2D eigenvalue weighted by molar-refractivity contribution is 0.168. The molecule has 2 unspecified atom stereocenters. The van der Waals surface area contributed by atoms with E-state index in [2.05, 4.69) is 56.7 Å². The molecule has 0 aliphatic carbocycles. The highest BCUT2D eigenvalue weighted by atomic mass is 79.9. The third kappa shape index (κ3) is 4.03. The van der Waals surface area contributed by atoms with Crippen LogP contribution < -0.4 is 5.73 Å². The highest BCUT2D eigenvalue weighted by Gasteiger charge is 2.30. The third-order valence-corrected chi connectivity index (χ3v) is 6.91. The third-order valence-electron chi connectivity index (χ3n) is 3.59. The molecule has 1 aliphatic rings. The molecule has 0 saturated carbocycles. The Balaban J connectivity index is 2.28. The van der Waals surface area contributed by atoms with Crippen LogP contribution in [0, 0.1) is 5.92 Å². The Morgan fingerprint density at radius 2 is 2.16 bits per heavy atom. The molecule has 1 aliphatic heterocycles. The number of hydrogen-bond acceptors (Lipinski definition) is 3. The second-order valence-electron chi connectivity index (χ2n) is 5.76. The average molecular weight is 410 g/mol. The van der Waals surface area contributed by atoms with Crippen molar-refractivity contribution in [3.8, 4) is 0 Å². The lowest BCUT2D eigenvalue weighted by atomic mass is 10.0. The van der Waals surface area contributed by atoms with Gasteiger partial charge in [-0.1, -0.05) is 20.3 Å². The largest absolute Gasteiger partial charge is 0.326 e. The van der Waals surface area contributed by atoms with E-state index in [1.54, 1.807) is 0 Å². The minimum Gasteiger partial charge on any atom is -0.326 e. The molecule has 2 atom stereocenters. The van der Waals surface area contributed by atoms with Crippen LogP contribution in [0.1, 0.15) is 44.0 Å². The second-order valence-corrected chi connectivity index (χ2v) is 9.02. The highest BCUT2D eigenvalue weighted by Crippen LogP contribution is 2.40. The van der Waals surface area contributed by atoms with Crippen LogP contribution in [0.5, 0.6) is 0 Å². The van der Waals surface area contributed by atoms with Gasteiger partial charge in [0.1, 0.15) is 0 Å². The maximum absolute atomic E-state index is 6.47. The lowest BCUT2D eigenvalue weighted by Gasteiger charge is -2.34. The Morgan fingerprint density at radius 3 is 2.74 bits per heavy atom. The van der Waals surface area contributed by atoms with Gasteiger partial charge < -0.3 is 5.73 Å². The van der Waals surface area contributed by atoms with Gasteiger partial charge in [-0.2, -0.15) is 0 Å². The molecule has 2 heterocycles. The molecular weight excluding hydrogens is 388 g/mol. The van der Waals surface area contributed by atoms with Gasteiger partial charge in [0, 0.05) is 21.9 Å². The zero-order valence-electron chi connectivity index (χ0n) is 11.5. The van der Waals surface area contributed by atoms with Crippen molar-refractivity contribution in [3.05, 3.63) is 19.2 Å². The van der Waals surface area contributed by atoms with Gasteiger partial charge in [-0.3, -0.25) is 4.90 Å². The number of likely N-dealkylation sites (tertiary alicyclic amines) is 1. The Hall–Kier alpha value is 0.580. The van der Waals surface area contributed by atoms with Gasteiger partial charge >= 0.3 is 0 Å². The molecule has 2 nitrogen and oxygen atoms in total. The van der Waals surface area contributed by atoms with Gasteiger partial charge in [-0.05, 0) is 63.2 Å². The van der Waals surface area contributed by atoms with E-state index in [9.17, 15) is 0 Å². The molecule has 1 saturated heterocycles. The fraction of sp³-hybridized carbons (Fsp3) is 0.714. The summed E-state index contributed by atoms with van der Waals surface area (Å²) in [4.78, 5) is 3.97. The van der Waals surface area contributed by atoms with Crippen molar-refractivity contribution in [2.45, 2.75) is 45.2 Å². The molecule has 2 rings (SSSR count). The molecule has 1 aromatic heterocycles. The average Bonchev–Trinajstić information content (AvgIpc) is 2.54. The Morgan fingerprint density at radius 1 is 1.42 bits per heavy atom. The molecule has 2 N–H and O–H groups in total. The van der Waals surface area contributed by atoms with Crippen molar-refractivity contribution in [1.82, 2.24) is 4.90 Å². The van der Waals surface area contributed by atoms with Gasteiger partial charge in [-0.15, -0.1) is 11.3 Å². The fourth-order valence-corrected chi connectivity index (χ4v) is 5.14. The monoisotopic (exact) mass is 408 g/mol. The number of halogens is 2. The highest BCUT2D eigenvalue weighted by molar-refractivity contribution is 9.13. The smallest absolute Gasteiger partial charge is 0.0843 e. The van der Waals surface area contributed by atoms with Crippen molar-refractivity contribution >= 4 is 43.2 Å². The van der Waals surface area contributed by atoms with Crippen LogP contribution in [0.3, 0.4) is 0 Å². The van der Waals surface area contributed by atoms with E-state index in [0.29, 0.717) is 12.0 Å². The molecular formula is C14H22Br2N2S. The predicted octanol–water partition coefficient (Wildman–Crippen LogP) is 4.78. The van der Waals surface area contributed by atoms with E-state index in [-0.39, 0.29) is 6.04 Å². The van der Waals surface area contributed by atoms with Crippen LogP contribution in [0.4, 0.5) is 0 Å². The predicted molar refractivity (Wildman–Crippen MR) is 90.7 cm³/mol. The second kappa shape index (κ2) is 7.03. The van der Waals surface area contributed by atoms with E-state index < -0.39 is 0 Å². The summed E-state index contributed by atoms with van der Waals surface area (Å²) in [6.07, 6.45) is 3.65. The van der Waals surface area contributed by atoms with E-state index in [4.69, 9.17) is 5.73 Å². The minimum absolute atomic E-state index is 0.249. The quantitative estimate of drug-likeness (QED) is 0.777. The maximum Gasteiger partial charge on any atom is 0.0843 e. The van der Waals surface area contributed by atoms with E-state index in [0.717, 1.165) is 17.4 Å². The van der Waals surface area contributed by atoms with Crippen molar-refractivity contribution in [2.75, 3.05) is 13.1 Å². The normalized spacial score (nSPS) is 25.8. The van der Waals surface area contributed by atoms with Crippen LogP contribution >= 0.6 is 43.2 Å². The van der Waals surface area contributed by atoms with Crippen molar-refractivity contribution in [1.29, 1.82) is 0 Å². The molecule has 0 spiro atoms. The van der Waals surface area contributed by atoms with Crippen LogP contribution in [-0.4, -0.2) is 24.0 Å². The van der Waals surface area contributed by atoms with Crippen LogP contribution in [0.25, 0.3) is 0 Å². The maximum atomic E-state index is 6.47. The van der Waals surface area contributed by atoms with E-state index in [1.807, 2.05) is 11.3 Å². The van der Waals surface area contributed by atoms with Crippen molar-refractivity contribution < 1.29 is 0 Å². The first-order chi connectivity index (χ1) is 8.99. The summed E-state index contributed by atoms with van der Waals surface area (Å²) in [6.45, 7) is 6.87. The summed E-state index contributed by atoms with van der Waals surface area (Å²) in [7, 11) is 0. The molecule has 1 aromatic rings. The molecule has 0 amide bonds. The molecule has 0 aromatic carbocycles. The summed E-state index contributed by atoms with van der Waals surface area (Å²) in [5.41, 5.74) is 6.47. The summed E-state index contributed by atoms with van der Waals surface area (Å²) in [5.74, 6) is 0.680. The number of rotatable bonds is 3. The van der Waals surface area contributed by atoms with E-state index in [1.165, 1.54) is 28.0 Å². The SMILES string of the molecule is CC(C)CN1CCCCC(N)C1c1cc(Br)c(Br)s1. The summed E-state index contributed by atoms with van der Waals surface area (Å²) in [5, 5.41) is 0. The molecule has 5 heteroatoms. The number of thiophene rings is 1. The standard InChI is InChI=1S/C14H22Br2N2S/c1-9(2)8-18-6-4-3-5-11(17)13(18)12-7-10(15)14(16)19-12/h7,9,11,13H,3-6,8,17H2,1-2H3. The van der Waals surface area contributed by atoms with Crippen molar-refractivity contribution in [3.63, 3.8) is 0 Å². The minimum atomic E-state index is 0.249. The van der Waals surface area contributed by atoms with Gasteiger partial charge in [0.15, 0.2) is 0 Å². The van der Waals surface area contributed by atoms with Gasteiger partial charge in [-0.25, -0.2) is 0 Å². The first kappa shape index (κ1) is 16.0. The number of hydrogen-bond donors (Lipinski definition) is 1. The number of nitrogens with zero attached hydrogens (tertiary/aromatic N) is 1. The summed E-state index contributed by atoms with van der Waals surface area (Å²) >= 11 is 9.02. The first-order valence-electron chi connectivity index (χ1n) is 6.93. The molecule has 0 bridgehead atoms. The fourth-order valence-electron chi connectivity index (χ4n) is 2.84. The topological polar surface area (TPSA) is 29.3 Å². The first-order valence-corrected chi connectivity index (χ1v) is 9.33. The lowest BCUT2D eigenvalue weighted by Crippen LogP contribution is -2.41. The summed E-state index contributed by atoms with van der Waals surface area (Å²) in [6, 6.07) is 2.86. The Labute approximate surface area is 137 Å². The zero-order chi connectivity index (χ0) is 14.0. The van der Waals surface area contributed by atoms with Gasteiger partial charge in [0.25, 0.3) is 0 Å². The van der Waals surface area contributed by atoms with Gasteiger partial charge in [0.05, 0.1) is 9.83 Å². The molecule has 19 heavy (non-hydrogen) atoms. The zero-order valence-corrected chi connectivity index (χ0v) is 15.5.